The number of halogens is 2. The molecule has 0 atom stereocenters. The maximum Gasteiger partial charge on any atom is 0.0946 e. The zero-order chi connectivity index (χ0) is 12.8. The van der Waals surface area contributed by atoms with Crippen LogP contribution in [0, 0.1) is 0 Å². The van der Waals surface area contributed by atoms with Crippen molar-refractivity contribution in [1.29, 1.82) is 0 Å². The molecule has 0 nitrogen and oxygen atoms in total. The fourth-order valence-electron chi connectivity index (χ4n) is 2.74. The lowest BCUT2D eigenvalue weighted by molar-refractivity contribution is 0.331. The summed E-state index contributed by atoms with van der Waals surface area (Å²) in [6.07, 6.45) is 2.55. The van der Waals surface area contributed by atoms with Gasteiger partial charge in [-0.1, -0.05) is 77.8 Å². The third kappa shape index (κ3) is 2.49. The zero-order valence-corrected chi connectivity index (χ0v) is 14.2. The van der Waals surface area contributed by atoms with Gasteiger partial charge in [-0.05, 0) is 40.4 Å². The molecule has 1 aromatic carbocycles. The molecule has 2 rings (SSSR count). The van der Waals surface area contributed by atoms with E-state index in [0.717, 1.165) is 0 Å². The van der Waals surface area contributed by atoms with E-state index in [4.69, 9.17) is 0 Å². The second-order valence-corrected chi connectivity index (χ2v) is 9.43. The SMILES string of the molecule is CC1(C)CCC(C)(C)c2cc(C(Br)Br)ccc21. The molecule has 0 spiro atoms. The van der Waals surface area contributed by atoms with Gasteiger partial charge in [0.15, 0.2) is 0 Å². The lowest BCUT2D eigenvalue weighted by Crippen LogP contribution is -2.33. The van der Waals surface area contributed by atoms with Crippen molar-refractivity contribution in [1.82, 2.24) is 0 Å². The third-order valence-corrected chi connectivity index (χ3v) is 5.19. The van der Waals surface area contributed by atoms with Gasteiger partial charge in [0.1, 0.15) is 0 Å². The Hall–Kier alpha value is 0.180. The van der Waals surface area contributed by atoms with Crippen LogP contribution in [0.5, 0.6) is 0 Å². The van der Waals surface area contributed by atoms with Gasteiger partial charge in [0, 0.05) is 0 Å². The maximum absolute atomic E-state index is 3.59. The molecule has 0 saturated carbocycles. The minimum Gasteiger partial charge on any atom is -0.0712 e. The van der Waals surface area contributed by atoms with E-state index in [9.17, 15) is 0 Å². The normalized spacial score (nSPS) is 21.4. The van der Waals surface area contributed by atoms with Gasteiger partial charge >= 0.3 is 0 Å². The van der Waals surface area contributed by atoms with Crippen molar-refractivity contribution in [2.45, 2.75) is 55.1 Å². The molecule has 0 aromatic heterocycles. The molecule has 0 amide bonds. The Kier molecular flexibility index (Phi) is 3.51. The van der Waals surface area contributed by atoms with Crippen molar-refractivity contribution in [2.24, 2.45) is 0 Å². The molecule has 17 heavy (non-hydrogen) atoms. The average molecular weight is 360 g/mol. The maximum atomic E-state index is 3.59. The number of rotatable bonds is 1. The van der Waals surface area contributed by atoms with Crippen molar-refractivity contribution in [3.63, 3.8) is 0 Å². The predicted octanol–water partition coefficient (Wildman–Crippen LogP) is 5.82. The van der Waals surface area contributed by atoms with Crippen molar-refractivity contribution in [3.05, 3.63) is 34.9 Å². The summed E-state index contributed by atoms with van der Waals surface area (Å²) in [5.41, 5.74) is 4.98. The van der Waals surface area contributed by atoms with E-state index in [0.29, 0.717) is 10.8 Å². The lowest BCUT2D eigenvalue weighted by Gasteiger charge is -2.42. The topological polar surface area (TPSA) is 0 Å². The van der Waals surface area contributed by atoms with Gasteiger partial charge in [0.25, 0.3) is 0 Å². The smallest absolute Gasteiger partial charge is 0.0712 e. The molecule has 94 valence electrons. The predicted molar refractivity (Wildman–Crippen MR) is 82.3 cm³/mol. The first-order chi connectivity index (χ1) is 7.74. The van der Waals surface area contributed by atoms with E-state index in [1.165, 1.54) is 29.5 Å². The summed E-state index contributed by atoms with van der Waals surface area (Å²) in [6, 6.07) is 6.92. The van der Waals surface area contributed by atoms with E-state index in [2.05, 4.69) is 77.8 Å². The fourth-order valence-corrected chi connectivity index (χ4v) is 3.31. The Morgan fingerprint density at radius 1 is 0.941 bits per heavy atom. The van der Waals surface area contributed by atoms with Crippen molar-refractivity contribution in [2.75, 3.05) is 0 Å². The third-order valence-electron chi connectivity index (χ3n) is 4.13. The summed E-state index contributed by atoms with van der Waals surface area (Å²) in [7, 11) is 0. The quantitative estimate of drug-likeness (QED) is 0.554. The van der Waals surface area contributed by atoms with Crippen LogP contribution in [-0.4, -0.2) is 0 Å². The molecule has 2 heteroatoms. The highest BCUT2D eigenvalue weighted by Crippen LogP contribution is 2.47. The van der Waals surface area contributed by atoms with Crippen molar-refractivity contribution < 1.29 is 0 Å². The molecule has 0 aliphatic heterocycles. The highest BCUT2D eigenvalue weighted by atomic mass is 79.9. The Morgan fingerprint density at radius 2 is 1.47 bits per heavy atom. The zero-order valence-electron chi connectivity index (χ0n) is 11.0. The second kappa shape index (κ2) is 4.38. The minimum absolute atomic E-state index is 0.251. The Bertz CT molecular complexity index is 431. The van der Waals surface area contributed by atoms with Gasteiger partial charge in [-0.3, -0.25) is 0 Å². The Morgan fingerprint density at radius 3 is 2.00 bits per heavy atom. The van der Waals surface area contributed by atoms with Gasteiger partial charge < -0.3 is 0 Å². The molecule has 0 heterocycles. The van der Waals surface area contributed by atoms with Crippen molar-refractivity contribution >= 4 is 31.9 Å². The highest BCUT2D eigenvalue weighted by molar-refractivity contribution is 9.24. The fraction of sp³-hybridized carbons (Fsp3) is 0.600. The number of benzene rings is 1. The van der Waals surface area contributed by atoms with Gasteiger partial charge in [-0.2, -0.15) is 0 Å². The van der Waals surface area contributed by atoms with Gasteiger partial charge in [-0.15, -0.1) is 0 Å². The molecule has 0 fully saturated rings. The number of hydrogen-bond donors (Lipinski definition) is 0. The van der Waals surface area contributed by atoms with Gasteiger partial charge in [0.05, 0.1) is 3.74 Å². The van der Waals surface area contributed by atoms with Crippen LogP contribution in [0.25, 0.3) is 0 Å². The first-order valence-corrected chi connectivity index (χ1v) is 8.00. The summed E-state index contributed by atoms with van der Waals surface area (Å²) in [5, 5.41) is 0. The van der Waals surface area contributed by atoms with Crippen LogP contribution >= 0.6 is 31.9 Å². The summed E-state index contributed by atoms with van der Waals surface area (Å²) < 4.78 is 0.251. The van der Waals surface area contributed by atoms with Gasteiger partial charge in [-0.25, -0.2) is 0 Å². The molecule has 1 aliphatic carbocycles. The average Bonchev–Trinajstić information content (AvgIpc) is 2.24. The van der Waals surface area contributed by atoms with Gasteiger partial charge in [0.2, 0.25) is 0 Å². The highest BCUT2D eigenvalue weighted by Gasteiger charge is 2.37. The summed E-state index contributed by atoms with van der Waals surface area (Å²) in [6.45, 7) is 9.45. The number of alkyl halides is 2. The molecule has 0 radical (unpaired) electrons. The lowest BCUT2D eigenvalue weighted by atomic mass is 9.63. The minimum atomic E-state index is 0.251. The molecular weight excluding hydrogens is 340 g/mol. The van der Waals surface area contributed by atoms with E-state index in [-0.39, 0.29) is 3.74 Å². The first kappa shape index (κ1) is 13.6. The van der Waals surface area contributed by atoms with Crippen LogP contribution in [0.3, 0.4) is 0 Å². The van der Waals surface area contributed by atoms with Crippen LogP contribution in [0.1, 0.15) is 61.0 Å². The first-order valence-electron chi connectivity index (χ1n) is 6.17. The van der Waals surface area contributed by atoms with Crippen LogP contribution in [-0.2, 0) is 10.8 Å². The molecule has 1 aromatic rings. The molecule has 0 unspecified atom stereocenters. The molecule has 0 N–H and O–H groups in total. The molecule has 1 aliphatic rings. The van der Waals surface area contributed by atoms with Crippen molar-refractivity contribution in [3.8, 4) is 0 Å². The van der Waals surface area contributed by atoms with E-state index in [1.54, 1.807) is 0 Å². The van der Waals surface area contributed by atoms with E-state index < -0.39 is 0 Å². The standard InChI is InChI=1S/C15H20Br2/c1-14(2)7-8-15(3,4)12-9-10(13(16)17)5-6-11(12)14/h5-6,9,13H,7-8H2,1-4H3. The largest absolute Gasteiger partial charge is 0.0946 e. The van der Waals surface area contributed by atoms with E-state index >= 15 is 0 Å². The molecule has 0 bridgehead atoms. The number of fused-ring (bicyclic) bond motifs is 1. The Labute approximate surface area is 121 Å². The number of hydrogen-bond acceptors (Lipinski definition) is 0. The Balaban J connectivity index is 2.60. The summed E-state index contributed by atoms with van der Waals surface area (Å²) in [4.78, 5) is 0. The summed E-state index contributed by atoms with van der Waals surface area (Å²) in [5.74, 6) is 0. The molecular formula is C15H20Br2. The van der Waals surface area contributed by atoms with Crippen LogP contribution in [0.4, 0.5) is 0 Å². The monoisotopic (exact) mass is 358 g/mol. The molecule has 0 saturated heterocycles. The van der Waals surface area contributed by atoms with Crippen LogP contribution in [0.15, 0.2) is 18.2 Å². The summed E-state index contributed by atoms with van der Waals surface area (Å²) >= 11 is 7.19. The second-order valence-electron chi connectivity index (χ2n) is 6.37. The van der Waals surface area contributed by atoms with Crippen LogP contribution < -0.4 is 0 Å². The van der Waals surface area contributed by atoms with E-state index in [1.807, 2.05) is 0 Å². The van der Waals surface area contributed by atoms with Crippen LogP contribution in [0.2, 0.25) is 0 Å².